The summed E-state index contributed by atoms with van der Waals surface area (Å²) in [6.07, 6.45) is 6.72. The van der Waals surface area contributed by atoms with Crippen molar-refractivity contribution in [1.82, 2.24) is 5.32 Å². The second kappa shape index (κ2) is 5.83. The SMILES string of the molecule is COC1CCC(NCC2CCOC2)CC1. The van der Waals surface area contributed by atoms with E-state index in [1.807, 2.05) is 7.11 Å². The molecule has 3 nitrogen and oxygen atoms in total. The van der Waals surface area contributed by atoms with Gasteiger partial charge in [0.15, 0.2) is 0 Å². The van der Waals surface area contributed by atoms with Gasteiger partial charge in [0, 0.05) is 26.3 Å². The van der Waals surface area contributed by atoms with Crippen molar-refractivity contribution < 1.29 is 9.47 Å². The van der Waals surface area contributed by atoms with Gasteiger partial charge in [-0.05, 0) is 38.0 Å². The third-order valence-electron chi connectivity index (χ3n) is 3.73. The number of hydrogen-bond donors (Lipinski definition) is 1. The van der Waals surface area contributed by atoms with Crippen molar-refractivity contribution in [1.29, 1.82) is 0 Å². The van der Waals surface area contributed by atoms with Gasteiger partial charge in [0.1, 0.15) is 0 Å². The van der Waals surface area contributed by atoms with E-state index in [9.17, 15) is 0 Å². The first-order valence-corrected chi connectivity index (χ1v) is 6.22. The molecule has 1 N–H and O–H groups in total. The molecule has 0 aromatic carbocycles. The zero-order valence-electron chi connectivity index (χ0n) is 9.71. The van der Waals surface area contributed by atoms with Crippen LogP contribution in [0.15, 0.2) is 0 Å². The van der Waals surface area contributed by atoms with Gasteiger partial charge in [-0.15, -0.1) is 0 Å². The maximum atomic E-state index is 5.37. The smallest absolute Gasteiger partial charge is 0.0572 e. The molecule has 0 spiro atoms. The highest BCUT2D eigenvalue weighted by atomic mass is 16.5. The van der Waals surface area contributed by atoms with Crippen LogP contribution in [0.25, 0.3) is 0 Å². The summed E-state index contributed by atoms with van der Waals surface area (Å²) in [6, 6.07) is 0.719. The van der Waals surface area contributed by atoms with Gasteiger partial charge in [-0.1, -0.05) is 0 Å². The lowest BCUT2D eigenvalue weighted by Gasteiger charge is -2.29. The van der Waals surface area contributed by atoms with Gasteiger partial charge < -0.3 is 14.8 Å². The van der Waals surface area contributed by atoms with Gasteiger partial charge in [-0.3, -0.25) is 0 Å². The zero-order valence-corrected chi connectivity index (χ0v) is 9.71. The predicted molar refractivity (Wildman–Crippen MR) is 60.0 cm³/mol. The van der Waals surface area contributed by atoms with E-state index in [0.717, 1.165) is 31.7 Å². The highest BCUT2D eigenvalue weighted by molar-refractivity contribution is 4.79. The number of nitrogens with one attached hydrogen (secondary N) is 1. The van der Waals surface area contributed by atoms with E-state index in [-0.39, 0.29) is 0 Å². The van der Waals surface area contributed by atoms with Crippen LogP contribution >= 0.6 is 0 Å². The number of rotatable bonds is 4. The average molecular weight is 213 g/mol. The van der Waals surface area contributed by atoms with Crippen molar-refractivity contribution in [2.24, 2.45) is 5.92 Å². The Labute approximate surface area is 92.5 Å². The van der Waals surface area contributed by atoms with Crippen molar-refractivity contribution >= 4 is 0 Å². The minimum atomic E-state index is 0.512. The molecule has 0 bridgehead atoms. The Hall–Kier alpha value is -0.120. The Balaban J connectivity index is 1.59. The van der Waals surface area contributed by atoms with Crippen molar-refractivity contribution in [2.75, 3.05) is 26.9 Å². The summed E-state index contributed by atoms with van der Waals surface area (Å²) in [4.78, 5) is 0. The molecule has 1 saturated heterocycles. The average Bonchev–Trinajstić information content (AvgIpc) is 2.80. The van der Waals surface area contributed by atoms with Crippen molar-refractivity contribution in [3.05, 3.63) is 0 Å². The molecule has 0 amide bonds. The first-order chi connectivity index (χ1) is 7.38. The number of methoxy groups -OCH3 is 1. The summed E-state index contributed by atoms with van der Waals surface area (Å²) >= 11 is 0. The van der Waals surface area contributed by atoms with Crippen LogP contribution in [0.4, 0.5) is 0 Å². The Morgan fingerprint density at radius 1 is 1.20 bits per heavy atom. The van der Waals surface area contributed by atoms with Crippen LogP contribution in [-0.4, -0.2) is 39.0 Å². The van der Waals surface area contributed by atoms with Gasteiger partial charge in [0.2, 0.25) is 0 Å². The molecule has 1 heterocycles. The lowest BCUT2D eigenvalue weighted by molar-refractivity contribution is 0.0620. The van der Waals surface area contributed by atoms with Crippen LogP contribution in [0.3, 0.4) is 0 Å². The summed E-state index contributed by atoms with van der Waals surface area (Å²) < 4.78 is 10.7. The van der Waals surface area contributed by atoms with Crippen molar-refractivity contribution in [3.63, 3.8) is 0 Å². The normalized spacial score (nSPS) is 37.0. The number of ether oxygens (including phenoxy) is 2. The van der Waals surface area contributed by atoms with E-state index < -0.39 is 0 Å². The van der Waals surface area contributed by atoms with Crippen LogP contribution in [0.2, 0.25) is 0 Å². The standard InChI is InChI=1S/C12H23NO2/c1-14-12-4-2-11(3-5-12)13-8-10-6-7-15-9-10/h10-13H,2-9H2,1H3. The minimum Gasteiger partial charge on any atom is -0.381 e. The highest BCUT2D eigenvalue weighted by Gasteiger charge is 2.22. The first-order valence-electron chi connectivity index (χ1n) is 6.22. The molecule has 1 aliphatic carbocycles. The maximum Gasteiger partial charge on any atom is 0.0572 e. The third-order valence-corrected chi connectivity index (χ3v) is 3.73. The lowest BCUT2D eigenvalue weighted by atomic mass is 9.92. The van der Waals surface area contributed by atoms with Gasteiger partial charge in [0.25, 0.3) is 0 Å². The van der Waals surface area contributed by atoms with Crippen LogP contribution in [-0.2, 0) is 9.47 Å². The molecule has 2 rings (SSSR count). The topological polar surface area (TPSA) is 30.5 Å². The monoisotopic (exact) mass is 213 g/mol. The maximum absolute atomic E-state index is 5.37. The molecule has 88 valence electrons. The van der Waals surface area contributed by atoms with Gasteiger partial charge in [-0.2, -0.15) is 0 Å². The summed E-state index contributed by atoms with van der Waals surface area (Å²) in [5, 5.41) is 3.67. The summed E-state index contributed by atoms with van der Waals surface area (Å²) in [5.41, 5.74) is 0. The Kier molecular flexibility index (Phi) is 4.42. The molecule has 1 saturated carbocycles. The van der Waals surface area contributed by atoms with Gasteiger partial charge >= 0.3 is 0 Å². The Morgan fingerprint density at radius 2 is 2.00 bits per heavy atom. The third kappa shape index (κ3) is 3.44. The molecule has 1 unspecified atom stereocenters. The second-order valence-electron chi connectivity index (χ2n) is 4.85. The minimum absolute atomic E-state index is 0.512. The second-order valence-corrected chi connectivity index (χ2v) is 4.85. The largest absolute Gasteiger partial charge is 0.381 e. The van der Waals surface area contributed by atoms with E-state index in [1.165, 1.54) is 32.1 Å². The van der Waals surface area contributed by atoms with E-state index in [1.54, 1.807) is 0 Å². The summed E-state index contributed by atoms with van der Waals surface area (Å²) in [7, 11) is 1.83. The molecule has 0 aromatic rings. The Bertz CT molecular complexity index is 172. The molecule has 2 fully saturated rings. The fraction of sp³-hybridized carbons (Fsp3) is 1.00. The lowest BCUT2D eigenvalue weighted by Crippen LogP contribution is -2.37. The molecular weight excluding hydrogens is 190 g/mol. The zero-order chi connectivity index (χ0) is 10.5. The predicted octanol–water partition coefficient (Wildman–Crippen LogP) is 1.57. The van der Waals surface area contributed by atoms with Gasteiger partial charge in [-0.25, -0.2) is 0 Å². The fourth-order valence-corrected chi connectivity index (χ4v) is 2.58. The quantitative estimate of drug-likeness (QED) is 0.769. The van der Waals surface area contributed by atoms with E-state index in [4.69, 9.17) is 9.47 Å². The highest BCUT2D eigenvalue weighted by Crippen LogP contribution is 2.21. The molecule has 1 aliphatic heterocycles. The molecule has 3 heteroatoms. The summed E-state index contributed by atoms with van der Waals surface area (Å²) in [6.45, 7) is 3.06. The molecule has 15 heavy (non-hydrogen) atoms. The van der Waals surface area contributed by atoms with Crippen molar-refractivity contribution in [2.45, 2.75) is 44.2 Å². The van der Waals surface area contributed by atoms with Crippen LogP contribution in [0.1, 0.15) is 32.1 Å². The Morgan fingerprint density at radius 3 is 2.60 bits per heavy atom. The molecule has 0 aromatic heterocycles. The number of hydrogen-bond acceptors (Lipinski definition) is 3. The van der Waals surface area contributed by atoms with Crippen LogP contribution in [0, 0.1) is 5.92 Å². The van der Waals surface area contributed by atoms with Crippen LogP contribution in [0.5, 0.6) is 0 Å². The van der Waals surface area contributed by atoms with E-state index in [2.05, 4.69) is 5.32 Å². The molecule has 0 radical (unpaired) electrons. The fourth-order valence-electron chi connectivity index (χ4n) is 2.58. The van der Waals surface area contributed by atoms with Gasteiger partial charge in [0.05, 0.1) is 12.7 Å². The first kappa shape index (κ1) is 11.4. The molecule has 1 atom stereocenters. The van der Waals surface area contributed by atoms with Crippen LogP contribution < -0.4 is 5.32 Å². The van der Waals surface area contributed by atoms with Crippen molar-refractivity contribution in [3.8, 4) is 0 Å². The van der Waals surface area contributed by atoms with E-state index in [0.29, 0.717) is 6.10 Å². The van der Waals surface area contributed by atoms with E-state index >= 15 is 0 Å². The summed E-state index contributed by atoms with van der Waals surface area (Å²) in [5.74, 6) is 0.755. The molecular formula is C12H23NO2. The molecule has 2 aliphatic rings.